The molecular formula is C12H16ClNO2. The molecule has 1 unspecified atom stereocenters. The van der Waals surface area contributed by atoms with Crippen LogP contribution in [0.25, 0.3) is 0 Å². The number of rotatable bonds is 1. The number of methoxy groups -OCH3 is 1. The molecule has 0 spiro atoms. The first-order valence-corrected chi connectivity index (χ1v) is 5.19. The predicted molar refractivity (Wildman–Crippen MR) is 64.9 cm³/mol. The van der Waals surface area contributed by atoms with E-state index in [-0.39, 0.29) is 24.4 Å². The van der Waals surface area contributed by atoms with Gasteiger partial charge in [0.15, 0.2) is 0 Å². The summed E-state index contributed by atoms with van der Waals surface area (Å²) in [5, 5.41) is 0. The molecule has 88 valence electrons. The van der Waals surface area contributed by atoms with Crippen LogP contribution in [0.4, 0.5) is 0 Å². The topological polar surface area (TPSA) is 52.3 Å². The Labute approximate surface area is 101 Å². The second-order valence-electron chi connectivity index (χ2n) is 3.90. The molecule has 2 rings (SSSR count). The molecule has 0 aromatic heterocycles. The molecule has 0 fully saturated rings. The fourth-order valence-corrected chi connectivity index (χ4v) is 2.10. The van der Waals surface area contributed by atoms with Gasteiger partial charge in [-0.1, -0.05) is 6.07 Å². The maximum atomic E-state index is 11.3. The summed E-state index contributed by atoms with van der Waals surface area (Å²) >= 11 is 0. The van der Waals surface area contributed by atoms with E-state index in [4.69, 9.17) is 5.73 Å². The molecule has 1 aromatic carbocycles. The Morgan fingerprint density at radius 3 is 2.94 bits per heavy atom. The number of fused-ring (bicyclic) bond motifs is 1. The number of esters is 1. The molecule has 0 saturated heterocycles. The lowest BCUT2D eigenvalue weighted by atomic mass is 9.87. The number of hydrogen-bond donors (Lipinski definition) is 1. The number of ether oxygens (including phenoxy) is 1. The van der Waals surface area contributed by atoms with Crippen molar-refractivity contribution < 1.29 is 9.53 Å². The maximum Gasteiger partial charge on any atom is 0.337 e. The zero-order valence-corrected chi connectivity index (χ0v) is 10.0. The molecule has 1 atom stereocenters. The number of carbonyl (C=O) groups is 1. The first-order chi connectivity index (χ1) is 7.22. The van der Waals surface area contributed by atoms with E-state index in [0.717, 1.165) is 19.3 Å². The zero-order chi connectivity index (χ0) is 10.8. The van der Waals surface area contributed by atoms with Crippen molar-refractivity contribution in [3.05, 3.63) is 34.9 Å². The third-order valence-corrected chi connectivity index (χ3v) is 2.92. The smallest absolute Gasteiger partial charge is 0.337 e. The van der Waals surface area contributed by atoms with Gasteiger partial charge in [0.05, 0.1) is 12.7 Å². The van der Waals surface area contributed by atoms with Gasteiger partial charge in [-0.15, -0.1) is 12.4 Å². The number of carbonyl (C=O) groups excluding carboxylic acids is 1. The molecule has 1 aliphatic carbocycles. The Morgan fingerprint density at radius 2 is 2.25 bits per heavy atom. The molecule has 1 aliphatic rings. The fourth-order valence-electron chi connectivity index (χ4n) is 2.10. The van der Waals surface area contributed by atoms with E-state index in [1.54, 1.807) is 6.07 Å². The Hall–Kier alpha value is -1.06. The third kappa shape index (κ3) is 2.36. The summed E-state index contributed by atoms with van der Waals surface area (Å²) in [5.41, 5.74) is 8.97. The van der Waals surface area contributed by atoms with E-state index in [1.165, 1.54) is 18.2 Å². The van der Waals surface area contributed by atoms with Crippen LogP contribution in [0.15, 0.2) is 18.2 Å². The van der Waals surface area contributed by atoms with Gasteiger partial charge >= 0.3 is 5.97 Å². The number of halogens is 1. The minimum Gasteiger partial charge on any atom is -0.465 e. The van der Waals surface area contributed by atoms with E-state index in [0.29, 0.717) is 5.56 Å². The SMILES string of the molecule is COC(=O)c1ccc2c(c1)CCCC2N.Cl. The molecule has 0 aliphatic heterocycles. The highest BCUT2D eigenvalue weighted by Gasteiger charge is 2.18. The van der Waals surface area contributed by atoms with Gasteiger partial charge in [0, 0.05) is 6.04 Å². The molecule has 2 N–H and O–H groups in total. The van der Waals surface area contributed by atoms with Crippen LogP contribution in [0.3, 0.4) is 0 Å². The summed E-state index contributed by atoms with van der Waals surface area (Å²) in [6.45, 7) is 0. The van der Waals surface area contributed by atoms with Crippen LogP contribution in [-0.4, -0.2) is 13.1 Å². The van der Waals surface area contributed by atoms with E-state index in [2.05, 4.69) is 4.74 Å². The summed E-state index contributed by atoms with van der Waals surface area (Å²) in [6.07, 6.45) is 3.14. The molecule has 0 radical (unpaired) electrons. The molecule has 0 heterocycles. The number of aryl methyl sites for hydroxylation is 1. The lowest BCUT2D eigenvalue weighted by Gasteiger charge is -2.22. The Morgan fingerprint density at radius 1 is 1.50 bits per heavy atom. The average molecular weight is 242 g/mol. The molecule has 16 heavy (non-hydrogen) atoms. The molecule has 3 nitrogen and oxygen atoms in total. The fraction of sp³-hybridized carbons (Fsp3) is 0.417. The minimum atomic E-state index is -0.281. The number of benzene rings is 1. The monoisotopic (exact) mass is 241 g/mol. The van der Waals surface area contributed by atoms with Crippen LogP contribution in [0, 0.1) is 0 Å². The van der Waals surface area contributed by atoms with Crippen LogP contribution in [0.2, 0.25) is 0 Å². The predicted octanol–water partition coefficient (Wildman–Crippen LogP) is 2.23. The van der Waals surface area contributed by atoms with Gasteiger partial charge in [0.2, 0.25) is 0 Å². The first kappa shape index (κ1) is 13.0. The average Bonchev–Trinajstić information content (AvgIpc) is 2.28. The normalized spacial score (nSPS) is 18.2. The Bertz CT molecular complexity index is 393. The summed E-state index contributed by atoms with van der Waals surface area (Å²) in [6, 6.07) is 5.77. The number of hydrogen-bond acceptors (Lipinski definition) is 3. The van der Waals surface area contributed by atoms with Crippen LogP contribution in [-0.2, 0) is 11.2 Å². The summed E-state index contributed by atoms with van der Waals surface area (Å²) < 4.78 is 4.68. The largest absolute Gasteiger partial charge is 0.465 e. The van der Waals surface area contributed by atoms with Crippen molar-refractivity contribution in [1.29, 1.82) is 0 Å². The van der Waals surface area contributed by atoms with Crippen molar-refractivity contribution in [1.82, 2.24) is 0 Å². The molecule has 1 aromatic rings. The lowest BCUT2D eigenvalue weighted by Crippen LogP contribution is -2.18. The molecular weight excluding hydrogens is 226 g/mol. The minimum absolute atomic E-state index is 0. The summed E-state index contributed by atoms with van der Waals surface area (Å²) in [5.74, 6) is -0.281. The second-order valence-corrected chi connectivity index (χ2v) is 3.90. The maximum absolute atomic E-state index is 11.3. The van der Waals surface area contributed by atoms with Gasteiger partial charge in [-0.05, 0) is 42.5 Å². The Kier molecular flexibility index (Phi) is 4.33. The van der Waals surface area contributed by atoms with Crippen LogP contribution >= 0.6 is 12.4 Å². The van der Waals surface area contributed by atoms with Crippen molar-refractivity contribution in [2.45, 2.75) is 25.3 Å². The first-order valence-electron chi connectivity index (χ1n) is 5.19. The number of nitrogens with two attached hydrogens (primary N) is 1. The van der Waals surface area contributed by atoms with Crippen molar-refractivity contribution in [2.75, 3.05) is 7.11 Å². The van der Waals surface area contributed by atoms with E-state index >= 15 is 0 Å². The summed E-state index contributed by atoms with van der Waals surface area (Å²) in [4.78, 5) is 11.3. The molecule has 0 saturated carbocycles. The standard InChI is InChI=1S/C12H15NO2.ClH/c1-15-12(14)9-5-6-10-8(7-9)3-2-4-11(10)13;/h5-7,11H,2-4,13H2,1H3;1H. The van der Waals surface area contributed by atoms with E-state index < -0.39 is 0 Å². The lowest BCUT2D eigenvalue weighted by molar-refractivity contribution is 0.0600. The Balaban J connectivity index is 0.00000128. The van der Waals surface area contributed by atoms with Crippen molar-refractivity contribution in [3.8, 4) is 0 Å². The molecule has 4 heteroatoms. The third-order valence-electron chi connectivity index (χ3n) is 2.92. The van der Waals surface area contributed by atoms with E-state index in [9.17, 15) is 4.79 Å². The van der Waals surface area contributed by atoms with E-state index in [1.807, 2.05) is 12.1 Å². The van der Waals surface area contributed by atoms with Crippen LogP contribution in [0.1, 0.15) is 40.4 Å². The highest BCUT2D eigenvalue weighted by Crippen LogP contribution is 2.28. The summed E-state index contributed by atoms with van der Waals surface area (Å²) in [7, 11) is 1.40. The quantitative estimate of drug-likeness (QED) is 0.768. The molecule has 0 bridgehead atoms. The van der Waals surface area contributed by atoms with Gasteiger partial charge in [0.1, 0.15) is 0 Å². The molecule has 0 amide bonds. The highest BCUT2D eigenvalue weighted by atomic mass is 35.5. The van der Waals surface area contributed by atoms with Crippen LogP contribution < -0.4 is 5.73 Å². The van der Waals surface area contributed by atoms with Crippen molar-refractivity contribution in [2.24, 2.45) is 5.73 Å². The highest BCUT2D eigenvalue weighted by molar-refractivity contribution is 5.89. The van der Waals surface area contributed by atoms with Gasteiger partial charge in [-0.2, -0.15) is 0 Å². The van der Waals surface area contributed by atoms with Gasteiger partial charge in [-0.25, -0.2) is 4.79 Å². The zero-order valence-electron chi connectivity index (χ0n) is 9.23. The van der Waals surface area contributed by atoms with Crippen molar-refractivity contribution >= 4 is 18.4 Å². The van der Waals surface area contributed by atoms with Crippen LogP contribution in [0.5, 0.6) is 0 Å². The van der Waals surface area contributed by atoms with Gasteiger partial charge in [0.25, 0.3) is 0 Å². The second kappa shape index (κ2) is 5.32. The van der Waals surface area contributed by atoms with Crippen molar-refractivity contribution in [3.63, 3.8) is 0 Å². The van der Waals surface area contributed by atoms with Gasteiger partial charge < -0.3 is 10.5 Å². The van der Waals surface area contributed by atoms with Gasteiger partial charge in [-0.3, -0.25) is 0 Å².